The second kappa shape index (κ2) is 6.85. The van der Waals surface area contributed by atoms with Crippen molar-refractivity contribution < 1.29 is 14.6 Å². The van der Waals surface area contributed by atoms with Crippen molar-refractivity contribution in [1.29, 1.82) is 0 Å². The lowest BCUT2D eigenvalue weighted by Gasteiger charge is -2.01. The molecule has 0 aromatic carbocycles. The van der Waals surface area contributed by atoms with Gasteiger partial charge in [-0.25, -0.2) is 0 Å². The number of methoxy groups -OCH3 is 1. The number of aliphatic hydroxyl groups is 1. The van der Waals surface area contributed by atoms with E-state index in [9.17, 15) is 4.79 Å². The lowest BCUT2D eigenvalue weighted by molar-refractivity contribution is -0.139. The number of carbonyl (C=O) groups excluding carboxylic acids is 1. The summed E-state index contributed by atoms with van der Waals surface area (Å²) in [6.07, 6.45) is 4.85. The van der Waals surface area contributed by atoms with E-state index in [0.717, 1.165) is 6.42 Å². The third kappa shape index (κ3) is 5.92. The molecule has 0 bridgehead atoms. The van der Waals surface area contributed by atoms with Gasteiger partial charge >= 0.3 is 5.97 Å². The lowest BCUT2D eigenvalue weighted by atomic mass is 10.2. The first-order valence-electron chi connectivity index (χ1n) is 4.10. The number of hydrogen-bond acceptors (Lipinski definition) is 3. The minimum absolute atomic E-state index is 0.253. The zero-order chi connectivity index (χ0) is 9.40. The van der Waals surface area contributed by atoms with Crippen LogP contribution >= 0.6 is 0 Å². The SMILES string of the molecule is CCC(O)C/C=C\CC(=O)OC. The molecule has 0 aliphatic rings. The average Bonchev–Trinajstić information content (AvgIpc) is 2.11. The van der Waals surface area contributed by atoms with Gasteiger partial charge in [-0.3, -0.25) is 4.79 Å². The van der Waals surface area contributed by atoms with Crippen LogP contribution < -0.4 is 0 Å². The standard InChI is InChI=1S/C9H16O3/c1-3-8(10)6-4-5-7-9(11)12-2/h4-5,8,10H,3,6-7H2,1-2H3/b5-4-. The molecule has 0 aliphatic carbocycles. The number of esters is 1. The lowest BCUT2D eigenvalue weighted by Crippen LogP contribution is -2.02. The van der Waals surface area contributed by atoms with E-state index in [1.165, 1.54) is 7.11 Å². The van der Waals surface area contributed by atoms with Crippen molar-refractivity contribution in [3.8, 4) is 0 Å². The molecule has 0 spiro atoms. The van der Waals surface area contributed by atoms with Gasteiger partial charge in [0.05, 0.1) is 19.6 Å². The van der Waals surface area contributed by atoms with Gasteiger partial charge in [-0.1, -0.05) is 19.1 Å². The Morgan fingerprint density at radius 1 is 1.58 bits per heavy atom. The number of ether oxygens (including phenoxy) is 1. The second-order valence-electron chi connectivity index (χ2n) is 2.55. The zero-order valence-electron chi connectivity index (χ0n) is 7.62. The minimum atomic E-state index is -0.293. The fourth-order valence-corrected chi connectivity index (χ4v) is 0.683. The summed E-state index contributed by atoms with van der Waals surface area (Å²) in [7, 11) is 1.36. The van der Waals surface area contributed by atoms with Crippen LogP contribution in [-0.2, 0) is 9.53 Å². The molecule has 0 rings (SSSR count). The number of carbonyl (C=O) groups is 1. The van der Waals surface area contributed by atoms with Crippen LogP contribution in [0.2, 0.25) is 0 Å². The molecule has 3 nitrogen and oxygen atoms in total. The molecule has 0 aromatic heterocycles. The van der Waals surface area contributed by atoms with Crippen LogP contribution in [0, 0.1) is 0 Å². The van der Waals surface area contributed by atoms with Crippen LogP contribution in [0.5, 0.6) is 0 Å². The predicted octanol–water partition coefficient (Wildman–Crippen LogP) is 1.27. The van der Waals surface area contributed by atoms with E-state index in [-0.39, 0.29) is 18.5 Å². The molecule has 3 heteroatoms. The Bertz CT molecular complexity index is 152. The Morgan fingerprint density at radius 3 is 2.75 bits per heavy atom. The molecule has 0 heterocycles. The molecule has 0 aromatic rings. The molecule has 12 heavy (non-hydrogen) atoms. The Hall–Kier alpha value is -0.830. The summed E-state index contributed by atoms with van der Waals surface area (Å²) in [5, 5.41) is 9.11. The van der Waals surface area contributed by atoms with Gasteiger partial charge in [0.15, 0.2) is 0 Å². The highest BCUT2D eigenvalue weighted by Gasteiger charge is 1.97. The molecule has 1 N–H and O–H groups in total. The minimum Gasteiger partial charge on any atom is -0.469 e. The van der Waals surface area contributed by atoms with Crippen LogP contribution in [0.15, 0.2) is 12.2 Å². The van der Waals surface area contributed by atoms with E-state index in [1.807, 2.05) is 6.92 Å². The largest absolute Gasteiger partial charge is 0.469 e. The summed E-state index contributed by atoms with van der Waals surface area (Å²) in [6, 6.07) is 0. The number of hydrogen-bond donors (Lipinski definition) is 1. The van der Waals surface area contributed by atoms with Crippen molar-refractivity contribution in [1.82, 2.24) is 0 Å². The van der Waals surface area contributed by atoms with Crippen LogP contribution in [0.25, 0.3) is 0 Å². The fraction of sp³-hybridized carbons (Fsp3) is 0.667. The van der Waals surface area contributed by atoms with Crippen LogP contribution in [0.3, 0.4) is 0 Å². The maximum absolute atomic E-state index is 10.6. The first kappa shape index (κ1) is 11.2. The second-order valence-corrected chi connectivity index (χ2v) is 2.55. The van der Waals surface area contributed by atoms with Crippen molar-refractivity contribution in [2.45, 2.75) is 32.3 Å². The summed E-state index contributed by atoms with van der Waals surface area (Å²) in [5.74, 6) is -0.253. The topological polar surface area (TPSA) is 46.5 Å². The summed E-state index contributed by atoms with van der Waals surface area (Å²) in [6.45, 7) is 1.92. The van der Waals surface area contributed by atoms with Crippen LogP contribution in [0.1, 0.15) is 26.2 Å². The van der Waals surface area contributed by atoms with Gasteiger partial charge < -0.3 is 9.84 Å². The highest BCUT2D eigenvalue weighted by atomic mass is 16.5. The fourth-order valence-electron chi connectivity index (χ4n) is 0.683. The Kier molecular flexibility index (Phi) is 6.38. The van der Waals surface area contributed by atoms with E-state index < -0.39 is 0 Å². The van der Waals surface area contributed by atoms with Gasteiger partial charge in [0.2, 0.25) is 0 Å². The van der Waals surface area contributed by atoms with Crippen molar-refractivity contribution in [3.63, 3.8) is 0 Å². The third-order valence-corrected chi connectivity index (χ3v) is 1.56. The van der Waals surface area contributed by atoms with Crippen molar-refractivity contribution >= 4 is 5.97 Å². The molecule has 0 amide bonds. The Labute approximate surface area is 73.0 Å². The normalized spacial score (nSPS) is 13.2. The van der Waals surface area contributed by atoms with E-state index in [2.05, 4.69) is 4.74 Å². The first-order valence-corrected chi connectivity index (χ1v) is 4.10. The van der Waals surface area contributed by atoms with Gasteiger partial charge in [0.25, 0.3) is 0 Å². The molecule has 0 saturated heterocycles. The summed E-state index contributed by atoms with van der Waals surface area (Å²) >= 11 is 0. The van der Waals surface area contributed by atoms with Gasteiger partial charge in [0, 0.05) is 0 Å². The van der Waals surface area contributed by atoms with E-state index in [1.54, 1.807) is 12.2 Å². The smallest absolute Gasteiger partial charge is 0.309 e. The molecule has 0 aliphatic heterocycles. The highest BCUT2D eigenvalue weighted by molar-refractivity contribution is 5.70. The number of rotatable bonds is 5. The summed E-state index contributed by atoms with van der Waals surface area (Å²) in [4.78, 5) is 10.6. The molecule has 70 valence electrons. The van der Waals surface area contributed by atoms with E-state index >= 15 is 0 Å². The van der Waals surface area contributed by atoms with E-state index in [0.29, 0.717) is 6.42 Å². The van der Waals surface area contributed by atoms with Crippen molar-refractivity contribution in [2.75, 3.05) is 7.11 Å². The first-order chi connectivity index (χ1) is 5.70. The molecule has 0 radical (unpaired) electrons. The molecule has 1 unspecified atom stereocenters. The maximum Gasteiger partial charge on any atom is 0.309 e. The maximum atomic E-state index is 10.6. The van der Waals surface area contributed by atoms with Crippen LogP contribution in [0.4, 0.5) is 0 Å². The zero-order valence-corrected chi connectivity index (χ0v) is 7.62. The molecule has 0 saturated carbocycles. The third-order valence-electron chi connectivity index (χ3n) is 1.56. The van der Waals surface area contributed by atoms with Crippen molar-refractivity contribution in [2.24, 2.45) is 0 Å². The van der Waals surface area contributed by atoms with E-state index in [4.69, 9.17) is 5.11 Å². The Morgan fingerprint density at radius 2 is 2.25 bits per heavy atom. The van der Waals surface area contributed by atoms with Crippen LogP contribution in [-0.4, -0.2) is 24.3 Å². The van der Waals surface area contributed by atoms with Gasteiger partial charge in [0.1, 0.15) is 0 Å². The van der Waals surface area contributed by atoms with Gasteiger partial charge in [-0.15, -0.1) is 0 Å². The predicted molar refractivity (Wildman–Crippen MR) is 46.7 cm³/mol. The average molecular weight is 172 g/mol. The monoisotopic (exact) mass is 172 g/mol. The van der Waals surface area contributed by atoms with Crippen molar-refractivity contribution in [3.05, 3.63) is 12.2 Å². The molecule has 0 fully saturated rings. The summed E-state index contributed by atoms with van der Waals surface area (Å²) in [5.41, 5.74) is 0. The molecular formula is C9H16O3. The number of aliphatic hydroxyl groups excluding tert-OH is 1. The van der Waals surface area contributed by atoms with Gasteiger partial charge in [-0.05, 0) is 12.8 Å². The van der Waals surface area contributed by atoms with Gasteiger partial charge in [-0.2, -0.15) is 0 Å². The Balaban J connectivity index is 3.43. The summed E-state index contributed by atoms with van der Waals surface area (Å²) < 4.78 is 4.43. The molecular weight excluding hydrogens is 156 g/mol. The molecule has 1 atom stereocenters. The quantitative estimate of drug-likeness (QED) is 0.501. The highest BCUT2D eigenvalue weighted by Crippen LogP contribution is 1.98.